The van der Waals surface area contributed by atoms with Gasteiger partial charge in [-0.05, 0) is 31.9 Å². The van der Waals surface area contributed by atoms with Crippen molar-refractivity contribution in [2.45, 2.75) is 32.4 Å². The molecule has 0 saturated heterocycles. The van der Waals surface area contributed by atoms with Gasteiger partial charge < -0.3 is 5.73 Å². The van der Waals surface area contributed by atoms with Crippen LogP contribution in [0.5, 0.6) is 0 Å². The van der Waals surface area contributed by atoms with Crippen molar-refractivity contribution < 1.29 is 0 Å². The van der Waals surface area contributed by atoms with Crippen LogP contribution >= 0.6 is 0 Å². The summed E-state index contributed by atoms with van der Waals surface area (Å²) in [7, 11) is 0. The summed E-state index contributed by atoms with van der Waals surface area (Å²) in [5.74, 6) is 0. The van der Waals surface area contributed by atoms with E-state index in [4.69, 9.17) is 5.73 Å². The van der Waals surface area contributed by atoms with E-state index in [-0.39, 0.29) is 0 Å². The maximum Gasteiger partial charge on any atom is 0.0827 e. The number of hydrogen-bond donors (Lipinski definition) is 1. The van der Waals surface area contributed by atoms with Gasteiger partial charge in [0, 0.05) is 18.6 Å². The molecule has 6 nitrogen and oxygen atoms in total. The van der Waals surface area contributed by atoms with Gasteiger partial charge in [0.25, 0.3) is 0 Å². The fourth-order valence-corrected chi connectivity index (χ4v) is 1.65. The van der Waals surface area contributed by atoms with Gasteiger partial charge in [0.2, 0.25) is 0 Å². The van der Waals surface area contributed by atoms with Gasteiger partial charge in [-0.25, -0.2) is 0 Å². The highest BCUT2D eigenvalue weighted by Crippen LogP contribution is 2.00. The molecule has 2 aromatic heterocycles. The second-order valence-electron chi connectivity index (χ2n) is 3.99. The third kappa shape index (κ3) is 3.67. The van der Waals surface area contributed by atoms with Crippen molar-refractivity contribution in [2.24, 2.45) is 5.73 Å². The van der Waals surface area contributed by atoms with Crippen LogP contribution in [0.15, 0.2) is 24.7 Å². The van der Waals surface area contributed by atoms with Crippen LogP contribution in [0.3, 0.4) is 0 Å². The number of unbranched alkanes of at least 4 members (excludes halogenated alkanes) is 1. The standard InChI is InChI=1S/C11H18N6/c12-5-2-1-4-11-10-17(15-14-11)9-8-16-7-3-6-13-16/h3,6-7,10H,1-2,4-5,8-9,12H2. The molecule has 0 radical (unpaired) electrons. The van der Waals surface area contributed by atoms with Crippen molar-refractivity contribution in [3.63, 3.8) is 0 Å². The Bertz CT molecular complexity index is 419. The zero-order chi connectivity index (χ0) is 11.9. The summed E-state index contributed by atoms with van der Waals surface area (Å²) in [4.78, 5) is 0. The van der Waals surface area contributed by atoms with E-state index in [1.165, 1.54) is 0 Å². The lowest BCUT2D eigenvalue weighted by molar-refractivity contribution is 0.490. The fraction of sp³-hybridized carbons (Fsp3) is 0.545. The van der Waals surface area contributed by atoms with Crippen molar-refractivity contribution in [3.8, 4) is 0 Å². The number of hydrogen-bond acceptors (Lipinski definition) is 4. The van der Waals surface area contributed by atoms with E-state index < -0.39 is 0 Å². The molecule has 17 heavy (non-hydrogen) atoms. The average molecular weight is 234 g/mol. The number of nitrogens with zero attached hydrogens (tertiary/aromatic N) is 5. The van der Waals surface area contributed by atoms with E-state index in [1.807, 2.05) is 27.8 Å². The Balaban J connectivity index is 1.77. The molecular weight excluding hydrogens is 216 g/mol. The van der Waals surface area contributed by atoms with Crippen LogP contribution in [0.25, 0.3) is 0 Å². The predicted molar refractivity (Wildman–Crippen MR) is 64.2 cm³/mol. The summed E-state index contributed by atoms with van der Waals surface area (Å²) in [5.41, 5.74) is 6.49. The molecule has 0 saturated carbocycles. The third-order valence-corrected chi connectivity index (χ3v) is 2.59. The summed E-state index contributed by atoms with van der Waals surface area (Å²) in [6, 6.07) is 1.92. The zero-order valence-corrected chi connectivity index (χ0v) is 9.87. The van der Waals surface area contributed by atoms with Gasteiger partial charge in [-0.15, -0.1) is 5.10 Å². The van der Waals surface area contributed by atoms with Gasteiger partial charge in [-0.3, -0.25) is 9.36 Å². The monoisotopic (exact) mass is 234 g/mol. The highest BCUT2D eigenvalue weighted by Gasteiger charge is 2.00. The van der Waals surface area contributed by atoms with E-state index in [2.05, 4.69) is 15.4 Å². The minimum Gasteiger partial charge on any atom is -0.330 e. The molecule has 2 rings (SSSR count). The molecule has 0 aliphatic carbocycles. The molecule has 2 N–H and O–H groups in total. The van der Waals surface area contributed by atoms with Crippen LogP contribution in [-0.4, -0.2) is 31.3 Å². The topological polar surface area (TPSA) is 74.5 Å². The lowest BCUT2D eigenvalue weighted by atomic mass is 10.2. The van der Waals surface area contributed by atoms with E-state index >= 15 is 0 Å². The van der Waals surface area contributed by atoms with Gasteiger partial charge in [-0.2, -0.15) is 5.10 Å². The smallest absolute Gasteiger partial charge is 0.0827 e. The predicted octanol–water partition coefficient (Wildman–Crippen LogP) is 0.456. The lowest BCUT2D eigenvalue weighted by Crippen LogP contribution is -2.08. The first-order chi connectivity index (χ1) is 8.38. The van der Waals surface area contributed by atoms with E-state index in [9.17, 15) is 0 Å². The highest BCUT2D eigenvalue weighted by atomic mass is 15.4. The molecule has 0 fully saturated rings. The van der Waals surface area contributed by atoms with Crippen LogP contribution < -0.4 is 5.73 Å². The Kier molecular flexibility index (Phi) is 4.26. The molecule has 0 unspecified atom stereocenters. The molecule has 0 aliphatic rings. The molecule has 2 heterocycles. The summed E-state index contributed by atoms with van der Waals surface area (Å²) < 4.78 is 3.75. The molecule has 0 amide bonds. The van der Waals surface area contributed by atoms with Crippen molar-refractivity contribution in [1.82, 2.24) is 24.8 Å². The Hall–Kier alpha value is -1.69. The van der Waals surface area contributed by atoms with E-state index in [0.717, 1.165) is 44.6 Å². The normalized spacial score (nSPS) is 10.9. The first-order valence-electron chi connectivity index (χ1n) is 5.95. The zero-order valence-electron chi connectivity index (χ0n) is 9.87. The van der Waals surface area contributed by atoms with Crippen molar-refractivity contribution in [1.29, 1.82) is 0 Å². The lowest BCUT2D eigenvalue weighted by Gasteiger charge is -2.00. The number of aromatic nitrogens is 5. The Labute approximate surface area is 100 Å². The van der Waals surface area contributed by atoms with Crippen molar-refractivity contribution >= 4 is 0 Å². The highest BCUT2D eigenvalue weighted by molar-refractivity contribution is 4.92. The van der Waals surface area contributed by atoms with Crippen LogP contribution in [0.4, 0.5) is 0 Å². The maximum absolute atomic E-state index is 5.45. The Morgan fingerprint density at radius 1 is 1.18 bits per heavy atom. The first kappa shape index (κ1) is 11.8. The van der Waals surface area contributed by atoms with Crippen LogP contribution in [0.1, 0.15) is 18.5 Å². The van der Waals surface area contributed by atoms with Crippen LogP contribution in [-0.2, 0) is 19.5 Å². The van der Waals surface area contributed by atoms with Crippen molar-refractivity contribution in [2.75, 3.05) is 6.54 Å². The minimum atomic E-state index is 0.743. The SMILES string of the molecule is NCCCCc1cn(CCn2cccn2)nn1. The number of rotatable bonds is 7. The quantitative estimate of drug-likeness (QED) is 0.706. The number of nitrogens with two attached hydrogens (primary N) is 1. The minimum absolute atomic E-state index is 0.743. The number of aryl methyl sites for hydroxylation is 3. The summed E-state index contributed by atoms with van der Waals surface area (Å²) in [6.07, 6.45) is 8.80. The fourth-order valence-electron chi connectivity index (χ4n) is 1.65. The Morgan fingerprint density at radius 3 is 2.82 bits per heavy atom. The molecule has 0 aliphatic heterocycles. The molecule has 0 atom stereocenters. The average Bonchev–Trinajstić information content (AvgIpc) is 2.98. The maximum atomic E-state index is 5.45. The van der Waals surface area contributed by atoms with Crippen LogP contribution in [0, 0.1) is 0 Å². The third-order valence-electron chi connectivity index (χ3n) is 2.59. The van der Waals surface area contributed by atoms with Gasteiger partial charge in [-0.1, -0.05) is 5.21 Å². The molecule has 2 aromatic rings. The summed E-state index contributed by atoms with van der Waals surface area (Å²) in [5, 5.41) is 12.4. The van der Waals surface area contributed by atoms with Crippen LogP contribution in [0.2, 0.25) is 0 Å². The summed E-state index contributed by atoms with van der Waals surface area (Å²) in [6.45, 7) is 2.36. The van der Waals surface area contributed by atoms with Crippen molar-refractivity contribution in [3.05, 3.63) is 30.4 Å². The van der Waals surface area contributed by atoms with E-state index in [1.54, 1.807) is 6.20 Å². The molecule has 0 spiro atoms. The molecular formula is C11H18N6. The molecule has 6 heteroatoms. The largest absolute Gasteiger partial charge is 0.330 e. The van der Waals surface area contributed by atoms with E-state index in [0.29, 0.717) is 0 Å². The van der Waals surface area contributed by atoms with Gasteiger partial charge >= 0.3 is 0 Å². The summed E-state index contributed by atoms with van der Waals surface area (Å²) >= 11 is 0. The Morgan fingerprint density at radius 2 is 2.06 bits per heavy atom. The van der Waals surface area contributed by atoms with Gasteiger partial charge in [0.05, 0.1) is 18.8 Å². The second-order valence-corrected chi connectivity index (χ2v) is 3.99. The molecule has 92 valence electrons. The first-order valence-corrected chi connectivity index (χ1v) is 5.95. The second kappa shape index (κ2) is 6.15. The molecule has 0 aromatic carbocycles. The van der Waals surface area contributed by atoms with Gasteiger partial charge in [0.1, 0.15) is 0 Å². The molecule has 0 bridgehead atoms. The van der Waals surface area contributed by atoms with Gasteiger partial charge in [0.15, 0.2) is 0 Å².